The molecule has 0 radical (unpaired) electrons. The van der Waals surface area contributed by atoms with Crippen LogP contribution in [-0.2, 0) is 4.74 Å². The van der Waals surface area contributed by atoms with Gasteiger partial charge in [-0.2, -0.15) is 0 Å². The fraction of sp³-hybridized carbons (Fsp3) is 0.929. The normalized spacial score (nSPS) is 25.7. The Bertz CT molecular complexity index is 305. The number of carbonyl (C=O) groups excluding carboxylic acids is 1. The van der Waals surface area contributed by atoms with Crippen LogP contribution < -0.4 is 0 Å². The molecule has 0 saturated carbocycles. The molecule has 0 aromatic rings. The van der Waals surface area contributed by atoms with Crippen molar-refractivity contribution in [3.63, 3.8) is 0 Å². The van der Waals surface area contributed by atoms with Gasteiger partial charge in [-0.1, -0.05) is 0 Å². The van der Waals surface area contributed by atoms with Gasteiger partial charge in [-0.25, -0.2) is 4.79 Å². The van der Waals surface area contributed by atoms with Gasteiger partial charge < -0.3 is 14.7 Å². The van der Waals surface area contributed by atoms with Gasteiger partial charge in [0.2, 0.25) is 0 Å². The first kappa shape index (κ1) is 15.3. The van der Waals surface area contributed by atoms with E-state index in [1.54, 1.807) is 4.90 Å². The monoisotopic (exact) mass is 257 g/mol. The molecule has 2 atom stereocenters. The molecule has 1 aliphatic rings. The minimum Gasteiger partial charge on any atom is -0.444 e. The summed E-state index contributed by atoms with van der Waals surface area (Å²) in [4.78, 5) is 13.9. The number of nitrogens with zero attached hydrogens (tertiary/aromatic N) is 1. The zero-order valence-corrected chi connectivity index (χ0v) is 12.5. The van der Waals surface area contributed by atoms with Crippen LogP contribution in [0.4, 0.5) is 4.79 Å². The van der Waals surface area contributed by atoms with Gasteiger partial charge in [-0.05, 0) is 60.3 Å². The summed E-state index contributed by atoms with van der Waals surface area (Å²) in [5.74, 6) is 0.263. The molecule has 1 heterocycles. The highest BCUT2D eigenvalue weighted by Gasteiger charge is 2.40. The van der Waals surface area contributed by atoms with E-state index in [4.69, 9.17) is 4.74 Å². The second-order valence-electron chi connectivity index (χ2n) is 6.94. The molecule has 0 aromatic carbocycles. The Balaban J connectivity index is 2.71. The summed E-state index contributed by atoms with van der Waals surface area (Å²) in [6, 6.07) is 0. The number of rotatable bonds is 1. The summed E-state index contributed by atoms with van der Waals surface area (Å²) >= 11 is 0. The first-order chi connectivity index (χ1) is 8.03. The minimum atomic E-state index is -0.464. The SMILES string of the molecule is CC(O)C1CCN(C(=O)OC(C)(C)C)C(C)(C)C1. The third-order valence-electron chi connectivity index (χ3n) is 3.51. The summed E-state index contributed by atoms with van der Waals surface area (Å²) in [6.45, 7) is 12.2. The lowest BCUT2D eigenvalue weighted by atomic mass is 9.80. The highest BCUT2D eigenvalue weighted by Crippen LogP contribution is 2.34. The smallest absolute Gasteiger partial charge is 0.410 e. The fourth-order valence-electron chi connectivity index (χ4n) is 2.52. The molecule has 0 aromatic heterocycles. The summed E-state index contributed by atoms with van der Waals surface area (Å²) < 4.78 is 5.43. The fourth-order valence-corrected chi connectivity index (χ4v) is 2.52. The number of likely N-dealkylation sites (tertiary alicyclic amines) is 1. The second-order valence-corrected chi connectivity index (χ2v) is 6.94. The van der Waals surface area contributed by atoms with Gasteiger partial charge >= 0.3 is 6.09 Å². The van der Waals surface area contributed by atoms with Crippen molar-refractivity contribution in [3.05, 3.63) is 0 Å². The average Bonchev–Trinajstić information content (AvgIpc) is 2.12. The molecule has 4 heteroatoms. The summed E-state index contributed by atoms with van der Waals surface area (Å²) in [7, 11) is 0. The van der Waals surface area contributed by atoms with Gasteiger partial charge in [-0.15, -0.1) is 0 Å². The van der Waals surface area contributed by atoms with E-state index >= 15 is 0 Å². The van der Waals surface area contributed by atoms with E-state index < -0.39 is 5.60 Å². The molecule has 18 heavy (non-hydrogen) atoms. The van der Waals surface area contributed by atoms with Crippen molar-refractivity contribution in [1.29, 1.82) is 0 Å². The van der Waals surface area contributed by atoms with E-state index in [9.17, 15) is 9.90 Å². The Morgan fingerprint density at radius 2 is 2.00 bits per heavy atom. The van der Waals surface area contributed by atoms with Crippen molar-refractivity contribution < 1.29 is 14.6 Å². The van der Waals surface area contributed by atoms with E-state index in [2.05, 4.69) is 0 Å². The number of ether oxygens (including phenoxy) is 1. The number of piperidine rings is 1. The summed E-state index contributed by atoms with van der Waals surface area (Å²) in [6.07, 6.45) is 1.08. The van der Waals surface area contributed by atoms with Gasteiger partial charge in [0, 0.05) is 12.1 Å². The number of amides is 1. The lowest BCUT2D eigenvalue weighted by molar-refractivity contribution is -0.0295. The van der Waals surface area contributed by atoms with E-state index in [-0.39, 0.29) is 23.7 Å². The van der Waals surface area contributed by atoms with E-state index in [1.165, 1.54) is 0 Å². The maximum Gasteiger partial charge on any atom is 0.410 e. The van der Waals surface area contributed by atoms with Gasteiger partial charge in [0.15, 0.2) is 0 Å². The highest BCUT2D eigenvalue weighted by molar-refractivity contribution is 5.69. The molecule has 1 fully saturated rings. The molecule has 106 valence electrons. The topological polar surface area (TPSA) is 49.8 Å². The van der Waals surface area contributed by atoms with Crippen LogP contribution in [0.1, 0.15) is 54.4 Å². The predicted octanol–water partition coefficient (Wildman–Crippen LogP) is 2.79. The zero-order valence-electron chi connectivity index (χ0n) is 12.5. The van der Waals surface area contributed by atoms with Crippen molar-refractivity contribution in [2.75, 3.05) is 6.54 Å². The van der Waals surface area contributed by atoms with Gasteiger partial charge in [0.25, 0.3) is 0 Å². The lowest BCUT2D eigenvalue weighted by Gasteiger charge is -2.46. The molecule has 2 unspecified atom stereocenters. The standard InChI is InChI=1S/C14H27NO3/c1-10(16)11-7-8-15(14(5,6)9-11)12(17)18-13(2,3)4/h10-11,16H,7-9H2,1-6H3. The number of carbonyl (C=O) groups is 1. The largest absolute Gasteiger partial charge is 0.444 e. The van der Waals surface area contributed by atoms with Crippen molar-refractivity contribution >= 4 is 6.09 Å². The molecular weight excluding hydrogens is 230 g/mol. The molecule has 4 nitrogen and oxygen atoms in total. The number of hydrogen-bond acceptors (Lipinski definition) is 3. The highest BCUT2D eigenvalue weighted by atomic mass is 16.6. The van der Waals surface area contributed by atoms with Crippen LogP contribution in [0.25, 0.3) is 0 Å². The van der Waals surface area contributed by atoms with E-state index in [1.807, 2.05) is 41.5 Å². The van der Waals surface area contributed by atoms with Crippen LogP contribution in [0, 0.1) is 5.92 Å². The Morgan fingerprint density at radius 1 is 1.44 bits per heavy atom. The Labute approximate surface area is 110 Å². The molecular formula is C14H27NO3. The van der Waals surface area contributed by atoms with Crippen molar-refractivity contribution in [2.45, 2.75) is 71.6 Å². The molecule has 1 rings (SSSR count). The molecule has 1 amide bonds. The van der Waals surface area contributed by atoms with Crippen LogP contribution in [0.5, 0.6) is 0 Å². The number of aliphatic hydroxyl groups is 1. The Morgan fingerprint density at radius 3 is 2.39 bits per heavy atom. The maximum absolute atomic E-state index is 12.1. The Kier molecular flexibility index (Phi) is 4.31. The van der Waals surface area contributed by atoms with Crippen LogP contribution in [0.3, 0.4) is 0 Å². The third kappa shape index (κ3) is 3.87. The first-order valence-electron chi connectivity index (χ1n) is 6.71. The quantitative estimate of drug-likeness (QED) is 0.786. The second kappa shape index (κ2) is 5.08. The number of hydrogen-bond donors (Lipinski definition) is 1. The Hall–Kier alpha value is -0.770. The molecule has 1 saturated heterocycles. The average molecular weight is 257 g/mol. The molecule has 1 aliphatic heterocycles. The van der Waals surface area contributed by atoms with Crippen LogP contribution in [0.15, 0.2) is 0 Å². The maximum atomic E-state index is 12.1. The predicted molar refractivity (Wildman–Crippen MR) is 71.4 cm³/mol. The van der Waals surface area contributed by atoms with E-state index in [0.29, 0.717) is 6.54 Å². The molecule has 0 aliphatic carbocycles. The third-order valence-corrected chi connectivity index (χ3v) is 3.51. The summed E-state index contributed by atoms with van der Waals surface area (Å²) in [5, 5.41) is 9.69. The number of aliphatic hydroxyl groups excluding tert-OH is 1. The van der Waals surface area contributed by atoms with Crippen LogP contribution >= 0.6 is 0 Å². The van der Waals surface area contributed by atoms with Crippen LogP contribution in [-0.4, -0.2) is 39.9 Å². The van der Waals surface area contributed by atoms with Crippen molar-refractivity contribution in [2.24, 2.45) is 5.92 Å². The van der Waals surface area contributed by atoms with Crippen molar-refractivity contribution in [1.82, 2.24) is 4.90 Å². The van der Waals surface area contributed by atoms with Gasteiger partial charge in [0.1, 0.15) is 5.60 Å². The van der Waals surface area contributed by atoms with Gasteiger partial charge in [0.05, 0.1) is 6.10 Å². The van der Waals surface area contributed by atoms with Crippen LogP contribution in [0.2, 0.25) is 0 Å². The first-order valence-corrected chi connectivity index (χ1v) is 6.71. The molecule has 0 bridgehead atoms. The molecule has 1 N–H and O–H groups in total. The minimum absolute atomic E-state index is 0.253. The van der Waals surface area contributed by atoms with Gasteiger partial charge in [-0.3, -0.25) is 0 Å². The van der Waals surface area contributed by atoms with Crippen molar-refractivity contribution in [3.8, 4) is 0 Å². The van der Waals surface area contributed by atoms with E-state index in [0.717, 1.165) is 12.8 Å². The lowest BCUT2D eigenvalue weighted by Crippen LogP contribution is -2.55. The summed E-state index contributed by atoms with van der Waals surface area (Å²) in [5.41, 5.74) is -0.726. The molecule has 0 spiro atoms. The zero-order chi connectivity index (χ0) is 14.1.